The van der Waals surface area contributed by atoms with Crippen molar-refractivity contribution in [3.8, 4) is 0 Å². The first-order chi connectivity index (χ1) is 15.0. The predicted octanol–water partition coefficient (Wildman–Crippen LogP) is 4.81. The first kappa shape index (κ1) is 20.8. The number of amides is 1. The second kappa shape index (κ2) is 9.14. The molecule has 4 rings (SSSR count). The predicted molar refractivity (Wildman–Crippen MR) is 118 cm³/mol. The van der Waals surface area contributed by atoms with Gasteiger partial charge in [-0.3, -0.25) is 19.8 Å². The van der Waals surface area contributed by atoms with Crippen molar-refractivity contribution in [1.29, 1.82) is 0 Å². The summed E-state index contributed by atoms with van der Waals surface area (Å²) in [5.41, 5.74) is 3.04. The van der Waals surface area contributed by atoms with Gasteiger partial charge < -0.3 is 9.32 Å². The summed E-state index contributed by atoms with van der Waals surface area (Å²) in [5, 5.41) is 11.0. The molecular formula is C24H25N3O4. The van der Waals surface area contributed by atoms with Crippen LogP contribution in [0.4, 0.5) is 11.4 Å². The number of nitro groups is 1. The third-order valence-corrected chi connectivity index (χ3v) is 5.71. The molecule has 1 amide bonds. The zero-order valence-corrected chi connectivity index (χ0v) is 17.4. The van der Waals surface area contributed by atoms with Crippen molar-refractivity contribution in [2.45, 2.75) is 32.4 Å². The van der Waals surface area contributed by atoms with E-state index in [-0.39, 0.29) is 22.6 Å². The van der Waals surface area contributed by atoms with E-state index in [1.165, 1.54) is 12.3 Å². The molecule has 0 atom stereocenters. The maximum Gasteiger partial charge on any atom is 0.294 e. The topological polar surface area (TPSA) is 79.8 Å². The Hall–Kier alpha value is -3.45. The van der Waals surface area contributed by atoms with E-state index in [9.17, 15) is 14.9 Å². The number of carbonyl (C=O) groups is 1. The highest BCUT2D eigenvalue weighted by atomic mass is 16.6. The Balaban J connectivity index is 1.47. The van der Waals surface area contributed by atoms with Crippen LogP contribution in [0.2, 0.25) is 0 Å². The van der Waals surface area contributed by atoms with Gasteiger partial charge in [-0.15, -0.1) is 0 Å². The van der Waals surface area contributed by atoms with E-state index >= 15 is 0 Å². The van der Waals surface area contributed by atoms with Gasteiger partial charge in [0, 0.05) is 43.5 Å². The van der Waals surface area contributed by atoms with E-state index in [4.69, 9.17) is 4.42 Å². The average Bonchev–Trinajstić information content (AvgIpc) is 3.32. The molecule has 0 spiro atoms. The van der Waals surface area contributed by atoms with Gasteiger partial charge in [-0.1, -0.05) is 29.8 Å². The molecule has 3 aromatic rings. The van der Waals surface area contributed by atoms with Gasteiger partial charge in [0.15, 0.2) is 5.76 Å². The van der Waals surface area contributed by atoms with Gasteiger partial charge in [0.05, 0.1) is 11.2 Å². The molecule has 2 aromatic carbocycles. The van der Waals surface area contributed by atoms with Crippen LogP contribution >= 0.6 is 0 Å². The van der Waals surface area contributed by atoms with Gasteiger partial charge in [-0.25, -0.2) is 0 Å². The van der Waals surface area contributed by atoms with E-state index in [2.05, 4.69) is 4.90 Å². The Morgan fingerprint density at radius 1 is 1.13 bits per heavy atom. The highest BCUT2D eigenvalue weighted by molar-refractivity contribution is 6.04. The van der Waals surface area contributed by atoms with Crippen LogP contribution < -0.4 is 4.90 Å². The molecule has 2 heterocycles. The van der Waals surface area contributed by atoms with Crippen molar-refractivity contribution in [3.63, 3.8) is 0 Å². The first-order valence-electron chi connectivity index (χ1n) is 10.4. The number of rotatable bonds is 6. The lowest BCUT2D eigenvalue weighted by molar-refractivity contribution is -0.384. The van der Waals surface area contributed by atoms with Gasteiger partial charge in [0.25, 0.3) is 11.6 Å². The van der Waals surface area contributed by atoms with E-state index in [1.54, 1.807) is 24.3 Å². The van der Waals surface area contributed by atoms with E-state index in [1.807, 2.05) is 42.2 Å². The molecule has 1 aliphatic heterocycles. The Bertz CT molecular complexity index is 1040. The van der Waals surface area contributed by atoms with Gasteiger partial charge in [-0.05, 0) is 49.6 Å². The number of nitrogens with zero attached hydrogens (tertiary/aromatic N) is 3. The van der Waals surface area contributed by atoms with E-state index < -0.39 is 0 Å². The maximum atomic E-state index is 13.2. The number of non-ortho nitro benzene ring substituents is 1. The number of benzene rings is 2. The fourth-order valence-corrected chi connectivity index (χ4v) is 4.08. The minimum absolute atomic E-state index is 0.0571. The minimum atomic E-state index is -0.366. The van der Waals surface area contributed by atoms with Gasteiger partial charge in [0.2, 0.25) is 0 Å². The van der Waals surface area contributed by atoms with Crippen LogP contribution in [0.3, 0.4) is 0 Å². The Kier molecular flexibility index (Phi) is 6.13. The second-order valence-corrected chi connectivity index (χ2v) is 7.92. The molecule has 31 heavy (non-hydrogen) atoms. The fourth-order valence-electron chi connectivity index (χ4n) is 4.08. The Morgan fingerprint density at radius 2 is 1.87 bits per heavy atom. The molecule has 0 unspecified atom stereocenters. The van der Waals surface area contributed by atoms with Crippen LogP contribution in [0, 0.1) is 17.0 Å². The molecule has 1 fully saturated rings. The molecule has 0 radical (unpaired) electrons. The van der Waals surface area contributed by atoms with E-state index in [0.29, 0.717) is 12.3 Å². The summed E-state index contributed by atoms with van der Waals surface area (Å²) in [4.78, 5) is 28.0. The quantitative estimate of drug-likeness (QED) is 0.423. The molecule has 0 N–H and O–H groups in total. The molecular weight excluding hydrogens is 394 g/mol. The maximum absolute atomic E-state index is 13.2. The van der Waals surface area contributed by atoms with Crippen LogP contribution in [0.5, 0.6) is 0 Å². The molecule has 1 aliphatic rings. The number of anilines is 1. The molecule has 7 heteroatoms. The zero-order chi connectivity index (χ0) is 21.8. The van der Waals surface area contributed by atoms with Gasteiger partial charge in [0.1, 0.15) is 0 Å². The van der Waals surface area contributed by atoms with Crippen molar-refractivity contribution in [1.82, 2.24) is 4.90 Å². The highest BCUT2D eigenvalue weighted by Gasteiger charge is 2.31. The normalized spacial score (nSPS) is 15.0. The summed E-state index contributed by atoms with van der Waals surface area (Å²) >= 11 is 0. The van der Waals surface area contributed by atoms with Crippen LogP contribution in [-0.4, -0.2) is 34.9 Å². The number of carbonyl (C=O) groups excluding carboxylic acids is 1. The van der Waals surface area contributed by atoms with Crippen LogP contribution in [-0.2, 0) is 6.54 Å². The van der Waals surface area contributed by atoms with E-state index in [0.717, 1.165) is 42.7 Å². The third kappa shape index (κ3) is 4.83. The molecule has 1 aromatic heterocycles. The third-order valence-electron chi connectivity index (χ3n) is 5.71. The van der Waals surface area contributed by atoms with Crippen molar-refractivity contribution in [2.24, 2.45) is 0 Å². The summed E-state index contributed by atoms with van der Waals surface area (Å²) < 4.78 is 5.39. The van der Waals surface area contributed by atoms with Crippen molar-refractivity contribution < 1.29 is 14.1 Å². The second-order valence-electron chi connectivity index (χ2n) is 7.92. The summed E-state index contributed by atoms with van der Waals surface area (Å²) in [7, 11) is 0. The number of piperidine rings is 1. The van der Waals surface area contributed by atoms with Crippen LogP contribution in [0.25, 0.3) is 0 Å². The smallest absolute Gasteiger partial charge is 0.294 e. The van der Waals surface area contributed by atoms with Crippen molar-refractivity contribution >= 4 is 17.3 Å². The van der Waals surface area contributed by atoms with Gasteiger partial charge in [-0.2, -0.15) is 0 Å². The number of likely N-dealkylation sites (tertiary alicyclic amines) is 1. The molecule has 0 aliphatic carbocycles. The first-order valence-corrected chi connectivity index (χ1v) is 10.4. The Morgan fingerprint density at radius 3 is 2.52 bits per heavy atom. The van der Waals surface area contributed by atoms with Gasteiger partial charge >= 0.3 is 0 Å². The minimum Gasteiger partial charge on any atom is -0.459 e. The lowest BCUT2D eigenvalue weighted by atomic mass is 10.0. The molecule has 7 nitrogen and oxygen atoms in total. The number of furan rings is 1. The molecule has 160 valence electrons. The monoisotopic (exact) mass is 419 g/mol. The Labute approximate surface area is 181 Å². The highest BCUT2D eigenvalue weighted by Crippen LogP contribution is 2.27. The summed E-state index contributed by atoms with van der Waals surface area (Å²) in [6.45, 7) is 4.29. The standard InChI is InChI=1S/C24H25N3O4/c1-18-7-9-20(10-8-18)26(24(28)23-6-3-15-31-23)21-11-13-25(14-12-21)17-19-4-2-5-22(16-19)27(29)30/h2-10,15-16,21H,11-14,17H2,1H3. The largest absolute Gasteiger partial charge is 0.459 e. The molecule has 1 saturated heterocycles. The number of aryl methyl sites for hydroxylation is 1. The number of nitro benzene ring substituents is 1. The van der Waals surface area contributed by atoms with Crippen molar-refractivity contribution in [3.05, 3.63) is 93.9 Å². The number of hydrogen-bond donors (Lipinski definition) is 0. The number of hydrogen-bond acceptors (Lipinski definition) is 5. The summed E-state index contributed by atoms with van der Waals surface area (Å²) in [6.07, 6.45) is 3.15. The zero-order valence-electron chi connectivity index (χ0n) is 17.4. The molecule has 0 saturated carbocycles. The lowest BCUT2D eigenvalue weighted by Gasteiger charge is -2.38. The van der Waals surface area contributed by atoms with Crippen LogP contribution in [0.1, 0.15) is 34.5 Å². The summed E-state index contributed by atoms with van der Waals surface area (Å²) in [5.74, 6) is 0.200. The average molecular weight is 419 g/mol. The lowest BCUT2D eigenvalue weighted by Crippen LogP contribution is -2.47. The molecule has 0 bridgehead atoms. The fraction of sp³-hybridized carbons (Fsp3) is 0.292. The van der Waals surface area contributed by atoms with Crippen molar-refractivity contribution in [2.75, 3.05) is 18.0 Å². The van der Waals surface area contributed by atoms with Crippen LogP contribution in [0.15, 0.2) is 71.3 Å². The SMILES string of the molecule is Cc1ccc(N(C(=O)c2ccco2)C2CCN(Cc3cccc([N+](=O)[O-])c3)CC2)cc1. The summed E-state index contributed by atoms with van der Waals surface area (Å²) in [6, 6.07) is 18.2.